The third-order valence-corrected chi connectivity index (χ3v) is 3.70. The molecule has 6 nitrogen and oxygen atoms in total. The third kappa shape index (κ3) is 4.91. The molecule has 0 spiro atoms. The number of amides is 2. The van der Waals surface area contributed by atoms with E-state index in [0.29, 0.717) is 20.6 Å². The molecule has 0 heterocycles. The molecule has 0 radical (unpaired) electrons. The molecule has 2 amide bonds. The summed E-state index contributed by atoms with van der Waals surface area (Å²) in [6.07, 6.45) is 1.27. The van der Waals surface area contributed by atoms with Crippen LogP contribution in [0.25, 0.3) is 0 Å². The van der Waals surface area contributed by atoms with Crippen molar-refractivity contribution in [3.63, 3.8) is 0 Å². The van der Waals surface area contributed by atoms with E-state index in [9.17, 15) is 14.4 Å². The summed E-state index contributed by atoms with van der Waals surface area (Å²) in [5.74, 6) is -1.91. The molecule has 2 aromatic carbocycles. The minimum absolute atomic E-state index is 0.0252. The average molecular weight is 393 g/mol. The summed E-state index contributed by atoms with van der Waals surface area (Å²) in [4.78, 5) is 35.8. The monoisotopic (exact) mass is 392 g/mol. The molecule has 8 heteroatoms. The van der Waals surface area contributed by atoms with E-state index in [1.54, 1.807) is 24.3 Å². The van der Waals surface area contributed by atoms with Gasteiger partial charge >= 0.3 is 5.97 Å². The number of benzene rings is 2. The maximum atomic E-state index is 12.7. The zero-order chi connectivity index (χ0) is 19.3. The highest BCUT2D eigenvalue weighted by molar-refractivity contribution is 6.36. The number of carbonyl (C=O) groups is 3. The summed E-state index contributed by atoms with van der Waals surface area (Å²) in [5.41, 5.74) is 0.501. The Morgan fingerprint density at radius 3 is 2.38 bits per heavy atom. The van der Waals surface area contributed by atoms with E-state index in [-0.39, 0.29) is 11.3 Å². The van der Waals surface area contributed by atoms with E-state index in [0.717, 1.165) is 0 Å². The van der Waals surface area contributed by atoms with Crippen LogP contribution in [0.4, 0.5) is 0 Å². The molecule has 2 aromatic rings. The summed E-state index contributed by atoms with van der Waals surface area (Å²) in [7, 11) is 0. The first-order valence-corrected chi connectivity index (χ1v) is 8.16. The highest BCUT2D eigenvalue weighted by Gasteiger charge is 2.23. The molecule has 0 saturated heterocycles. The Morgan fingerprint density at radius 2 is 1.77 bits per heavy atom. The average Bonchev–Trinajstić information content (AvgIpc) is 2.56. The molecular weight excluding hydrogens is 379 g/mol. The topological polar surface area (TPSA) is 76.0 Å². The van der Waals surface area contributed by atoms with Crippen molar-refractivity contribution in [2.75, 3.05) is 0 Å². The lowest BCUT2D eigenvalue weighted by atomic mass is 10.2. The van der Waals surface area contributed by atoms with Crippen molar-refractivity contribution in [3.05, 3.63) is 63.6 Å². The van der Waals surface area contributed by atoms with Gasteiger partial charge in [0.15, 0.2) is 0 Å². The number of rotatable bonds is 4. The Labute approximate surface area is 160 Å². The van der Waals surface area contributed by atoms with Gasteiger partial charge in [0.1, 0.15) is 5.75 Å². The van der Waals surface area contributed by atoms with Gasteiger partial charge in [0.2, 0.25) is 5.91 Å². The molecule has 0 bridgehead atoms. The second-order valence-corrected chi connectivity index (χ2v) is 5.98. The maximum Gasteiger partial charge on any atom is 0.308 e. The van der Waals surface area contributed by atoms with Crippen LogP contribution in [0.15, 0.2) is 47.6 Å². The summed E-state index contributed by atoms with van der Waals surface area (Å²) >= 11 is 11.9. The molecule has 0 aliphatic rings. The van der Waals surface area contributed by atoms with Crippen LogP contribution in [0.2, 0.25) is 10.0 Å². The van der Waals surface area contributed by atoms with Crippen LogP contribution in [0.1, 0.15) is 29.8 Å². The van der Waals surface area contributed by atoms with Gasteiger partial charge in [-0.05, 0) is 24.3 Å². The summed E-state index contributed by atoms with van der Waals surface area (Å²) in [6, 6.07) is 10.8. The smallest absolute Gasteiger partial charge is 0.308 e. The predicted molar refractivity (Wildman–Crippen MR) is 98.7 cm³/mol. The van der Waals surface area contributed by atoms with Crippen LogP contribution in [0.5, 0.6) is 5.75 Å². The number of hydrogen-bond donors (Lipinski definition) is 0. The van der Waals surface area contributed by atoms with Crippen molar-refractivity contribution in [1.29, 1.82) is 0 Å². The first-order chi connectivity index (χ1) is 12.3. The van der Waals surface area contributed by atoms with Crippen molar-refractivity contribution in [2.24, 2.45) is 5.10 Å². The number of esters is 1. The highest BCUT2D eigenvalue weighted by Crippen LogP contribution is 2.22. The fourth-order valence-corrected chi connectivity index (χ4v) is 2.46. The Kier molecular flexibility index (Phi) is 6.49. The fourth-order valence-electron chi connectivity index (χ4n) is 2.00. The molecule has 0 fully saturated rings. The van der Waals surface area contributed by atoms with E-state index in [4.69, 9.17) is 27.9 Å². The van der Waals surface area contributed by atoms with Crippen LogP contribution < -0.4 is 4.74 Å². The Balaban J connectivity index is 2.36. The molecule has 134 valence electrons. The maximum absolute atomic E-state index is 12.7. The number of para-hydroxylation sites is 1. The van der Waals surface area contributed by atoms with Crippen LogP contribution in [-0.2, 0) is 9.59 Å². The van der Waals surface area contributed by atoms with Crippen molar-refractivity contribution < 1.29 is 19.1 Å². The van der Waals surface area contributed by atoms with E-state index >= 15 is 0 Å². The lowest BCUT2D eigenvalue weighted by Crippen LogP contribution is -2.31. The molecule has 0 aromatic heterocycles. The number of nitrogens with zero attached hydrogens (tertiary/aromatic N) is 2. The van der Waals surface area contributed by atoms with E-state index in [2.05, 4.69) is 5.10 Å². The molecule has 0 atom stereocenters. The van der Waals surface area contributed by atoms with Crippen LogP contribution in [-0.4, -0.2) is 29.0 Å². The Bertz CT molecular complexity index is 897. The molecule has 2 rings (SSSR count). The first-order valence-electron chi connectivity index (χ1n) is 7.41. The van der Waals surface area contributed by atoms with Gasteiger partial charge < -0.3 is 4.74 Å². The van der Waals surface area contributed by atoms with E-state index < -0.39 is 17.8 Å². The van der Waals surface area contributed by atoms with Gasteiger partial charge in [-0.2, -0.15) is 10.1 Å². The van der Waals surface area contributed by atoms with Crippen molar-refractivity contribution in [3.8, 4) is 5.75 Å². The molecule has 0 aliphatic carbocycles. The molecule has 0 N–H and O–H groups in total. The predicted octanol–water partition coefficient (Wildman–Crippen LogP) is 3.94. The van der Waals surface area contributed by atoms with Crippen LogP contribution in [0.3, 0.4) is 0 Å². The molecular formula is C18H14Cl2N2O4. The zero-order valence-electron chi connectivity index (χ0n) is 13.9. The fraction of sp³-hybridized carbons (Fsp3) is 0.111. The highest BCUT2D eigenvalue weighted by atomic mass is 35.5. The number of ether oxygens (including phenoxy) is 1. The molecule has 0 saturated carbocycles. The quantitative estimate of drug-likeness (QED) is 0.341. The van der Waals surface area contributed by atoms with Crippen molar-refractivity contribution in [2.45, 2.75) is 13.8 Å². The molecule has 0 aliphatic heterocycles. The Hall–Kier alpha value is -2.70. The lowest BCUT2D eigenvalue weighted by Gasteiger charge is -2.15. The van der Waals surface area contributed by atoms with Gasteiger partial charge in [0.05, 0.1) is 16.8 Å². The minimum atomic E-state index is -0.740. The van der Waals surface area contributed by atoms with Crippen molar-refractivity contribution >= 4 is 47.2 Å². The molecule has 0 unspecified atom stereocenters. The van der Waals surface area contributed by atoms with E-state index in [1.807, 2.05) is 0 Å². The van der Waals surface area contributed by atoms with Gasteiger partial charge in [-0.1, -0.05) is 41.4 Å². The third-order valence-electron chi connectivity index (χ3n) is 3.14. The number of hydrazone groups is 1. The number of hydrogen-bond acceptors (Lipinski definition) is 5. The van der Waals surface area contributed by atoms with E-state index in [1.165, 1.54) is 38.3 Å². The van der Waals surface area contributed by atoms with Gasteiger partial charge in [-0.25, -0.2) is 0 Å². The standard InChI is InChI=1S/C18H14Cl2N2O4/c1-11(23)22(21-10-13-7-8-14(19)9-16(13)20)18(25)15-5-3-4-6-17(15)26-12(2)24/h3-10H,1-2H3/b21-10+. The first kappa shape index (κ1) is 19.6. The van der Waals surface area contributed by atoms with Gasteiger partial charge in [-0.3, -0.25) is 14.4 Å². The van der Waals surface area contributed by atoms with Crippen LogP contribution in [0, 0.1) is 0 Å². The number of imide groups is 1. The number of halogens is 2. The zero-order valence-corrected chi connectivity index (χ0v) is 15.4. The summed E-state index contributed by atoms with van der Waals surface area (Å²) < 4.78 is 5.01. The number of carbonyl (C=O) groups excluding carboxylic acids is 3. The SMILES string of the molecule is CC(=O)Oc1ccccc1C(=O)N(/N=C/c1ccc(Cl)cc1Cl)C(C)=O. The van der Waals surface area contributed by atoms with Crippen molar-refractivity contribution in [1.82, 2.24) is 5.01 Å². The normalized spacial score (nSPS) is 10.6. The lowest BCUT2D eigenvalue weighted by molar-refractivity contribution is -0.131. The Morgan fingerprint density at radius 1 is 1.08 bits per heavy atom. The van der Waals surface area contributed by atoms with Gasteiger partial charge in [0.25, 0.3) is 5.91 Å². The van der Waals surface area contributed by atoms with Gasteiger partial charge in [0, 0.05) is 24.4 Å². The van der Waals surface area contributed by atoms with Crippen LogP contribution >= 0.6 is 23.2 Å². The second-order valence-electron chi connectivity index (χ2n) is 5.14. The van der Waals surface area contributed by atoms with Gasteiger partial charge in [-0.15, -0.1) is 0 Å². The largest absolute Gasteiger partial charge is 0.426 e. The summed E-state index contributed by atoms with van der Waals surface area (Å²) in [6.45, 7) is 2.40. The summed E-state index contributed by atoms with van der Waals surface area (Å²) in [5, 5.41) is 5.35. The minimum Gasteiger partial charge on any atom is -0.426 e. The second kappa shape index (κ2) is 8.60. The molecule has 26 heavy (non-hydrogen) atoms.